The maximum absolute atomic E-state index is 12.3. The number of rotatable bonds is 5. The van der Waals surface area contributed by atoms with Crippen LogP contribution in [-0.4, -0.2) is 86.3 Å². The van der Waals surface area contributed by atoms with E-state index >= 15 is 0 Å². The van der Waals surface area contributed by atoms with E-state index in [0.717, 1.165) is 71.1 Å². The van der Waals surface area contributed by atoms with Crippen molar-refractivity contribution < 1.29 is 9.53 Å². The molecule has 2 amide bonds. The lowest BCUT2D eigenvalue weighted by atomic mass is 10.1. The first-order valence-corrected chi connectivity index (χ1v) is 9.31. The van der Waals surface area contributed by atoms with Crippen LogP contribution in [0.5, 0.6) is 0 Å². The molecule has 0 aromatic heterocycles. The van der Waals surface area contributed by atoms with E-state index in [-0.39, 0.29) is 6.03 Å². The summed E-state index contributed by atoms with van der Waals surface area (Å²) in [5.41, 5.74) is 2.37. The number of morpholine rings is 1. The maximum Gasteiger partial charge on any atom is 0.317 e. The smallest absolute Gasteiger partial charge is 0.317 e. The molecular formula is C19H30N4O2. The molecule has 2 saturated heterocycles. The van der Waals surface area contributed by atoms with E-state index in [1.807, 2.05) is 11.0 Å². The van der Waals surface area contributed by atoms with Gasteiger partial charge in [0.1, 0.15) is 0 Å². The summed E-state index contributed by atoms with van der Waals surface area (Å²) in [6.45, 7) is 12.2. The minimum absolute atomic E-state index is 0.0503. The van der Waals surface area contributed by atoms with Crippen molar-refractivity contribution in [3.63, 3.8) is 0 Å². The van der Waals surface area contributed by atoms with Crippen LogP contribution in [0.15, 0.2) is 24.3 Å². The number of ether oxygens (including phenoxy) is 1. The molecule has 6 nitrogen and oxygen atoms in total. The molecule has 2 aliphatic heterocycles. The van der Waals surface area contributed by atoms with Crippen molar-refractivity contribution in [3.05, 3.63) is 35.4 Å². The highest BCUT2D eigenvalue weighted by Gasteiger charge is 2.21. The first-order valence-electron chi connectivity index (χ1n) is 9.31. The summed E-state index contributed by atoms with van der Waals surface area (Å²) in [6, 6.07) is 8.32. The third-order valence-electron chi connectivity index (χ3n) is 5.02. The molecular weight excluding hydrogens is 316 g/mol. The van der Waals surface area contributed by atoms with E-state index in [9.17, 15) is 4.79 Å². The first kappa shape index (κ1) is 18.2. The summed E-state index contributed by atoms with van der Waals surface area (Å²) < 4.78 is 5.39. The van der Waals surface area contributed by atoms with Gasteiger partial charge in [0, 0.05) is 58.9 Å². The zero-order valence-electron chi connectivity index (χ0n) is 15.2. The van der Waals surface area contributed by atoms with Crippen LogP contribution in [0, 0.1) is 6.92 Å². The molecule has 2 fully saturated rings. The van der Waals surface area contributed by atoms with E-state index in [0.29, 0.717) is 6.54 Å². The van der Waals surface area contributed by atoms with Gasteiger partial charge >= 0.3 is 6.03 Å². The zero-order chi connectivity index (χ0) is 17.5. The molecule has 2 heterocycles. The van der Waals surface area contributed by atoms with Gasteiger partial charge in [0.2, 0.25) is 0 Å². The average Bonchev–Trinajstić information content (AvgIpc) is 2.66. The number of benzene rings is 1. The van der Waals surface area contributed by atoms with E-state index in [1.54, 1.807) is 0 Å². The highest BCUT2D eigenvalue weighted by atomic mass is 16.5. The summed E-state index contributed by atoms with van der Waals surface area (Å²) in [6.07, 6.45) is 0. The van der Waals surface area contributed by atoms with Crippen molar-refractivity contribution in [2.75, 3.05) is 65.6 Å². The zero-order valence-corrected chi connectivity index (χ0v) is 15.2. The largest absolute Gasteiger partial charge is 0.379 e. The summed E-state index contributed by atoms with van der Waals surface area (Å²) in [5.74, 6) is 0. The van der Waals surface area contributed by atoms with E-state index in [2.05, 4.69) is 40.2 Å². The number of hydrogen-bond acceptors (Lipinski definition) is 4. The lowest BCUT2D eigenvalue weighted by Gasteiger charge is -2.36. The fourth-order valence-electron chi connectivity index (χ4n) is 3.39. The predicted molar refractivity (Wildman–Crippen MR) is 98.7 cm³/mol. The number of aryl methyl sites for hydroxylation is 1. The van der Waals surface area contributed by atoms with Gasteiger partial charge in [-0.2, -0.15) is 0 Å². The fraction of sp³-hybridized carbons (Fsp3) is 0.632. The van der Waals surface area contributed by atoms with Crippen LogP contribution in [0.4, 0.5) is 4.79 Å². The number of hydrogen-bond donors (Lipinski definition) is 1. The molecule has 1 aromatic carbocycles. The minimum atomic E-state index is 0.0503. The van der Waals surface area contributed by atoms with Gasteiger partial charge in [0.15, 0.2) is 0 Å². The highest BCUT2D eigenvalue weighted by Crippen LogP contribution is 2.06. The number of nitrogens with zero attached hydrogens (tertiary/aromatic N) is 3. The molecule has 6 heteroatoms. The molecule has 0 bridgehead atoms. The monoisotopic (exact) mass is 346 g/mol. The third kappa shape index (κ3) is 5.70. The van der Waals surface area contributed by atoms with E-state index in [4.69, 9.17) is 4.74 Å². The number of carbonyl (C=O) groups is 1. The van der Waals surface area contributed by atoms with Crippen LogP contribution in [-0.2, 0) is 11.3 Å². The van der Waals surface area contributed by atoms with E-state index < -0.39 is 0 Å². The molecule has 1 aromatic rings. The quantitative estimate of drug-likeness (QED) is 0.869. The van der Waals surface area contributed by atoms with Crippen molar-refractivity contribution in [2.45, 2.75) is 13.5 Å². The summed E-state index contributed by atoms with van der Waals surface area (Å²) >= 11 is 0. The molecule has 0 aliphatic carbocycles. The first-order chi connectivity index (χ1) is 12.2. The van der Waals surface area contributed by atoms with Gasteiger partial charge in [0.05, 0.1) is 13.2 Å². The van der Waals surface area contributed by atoms with Gasteiger partial charge in [-0.15, -0.1) is 0 Å². The summed E-state index contributed by atoms with van der Waals surface area (Å²) in [7, 11) is 0. The minimum Gasteiger partial charge on any atom is -0.379 e. The second kappa shape index (κ2) is 9.17. The Morgan fingerprint density at radius 3 is 2.40 bits per heavy atom. The molecule has 0 saturated carbocycles. The molecule has 25 heavy (non-hydrogen) atoms. The Labute approximate surface area is 150 Å². The molecule has 0 radical (unpaired) electrons. The number of carbonyl (C=O) groups excluding carboxylic acids is 1. The van der Waals surface area contributed by atoms with E-state index in [1.165, 1.54) is 5.56 Å². The van der Waals surface area contributed by atoms with Crippen molar-refractivity contribution >= 4 is 6.03 Å². The maximum atomic E-state index is 12.3. The van der Waals surface area contributed by atoms with Crippen LogP contribution in [0.25, 0.3) is 0 Å². The number of piperazine rings is 1. The summed E-state index contributed by atoms with van der Waals surface area (Å²) in [4.78, 5) is 19.2. The Kier molecular flexibility index (Phi) is 6.67. The lowest BCUT2D eigenvalue weighted by molar-refractivity contribution is 0.0309. The second-order valence-electron chi connectivity index (χ2n) is 6.93. The molecule has 0 unspecified atom stereocenters. The molecule has 3 rings (SSSR count). The van der Waals surface area contributed by atoms with Gasteiger partial charge in [-0.05, 0) is 12.5 Å². The van der Waals surface area contributed by atoms with Crippen molar-refractivity contribution in [3.8, 4) is 0 Å². The third-order valence-corrected chi connectivity index (χ3v) is 5.02. The molecule has 2 aliphatic rings. The Morgan fingerprint density at radius 1 is 1.04 bits per heavy atom. The normalized spacial score (nSPS) is 19.8. The second-order valence-corrected chi connectivity index (χ2v) is 6.93. The molecule has 0 spiro atoms. The molecule has 1 N–H and O–H groups in total. The van der Waals surface area contributed by atoms with Gasteiger partial charge in [0.25, 0.3) is 0 Å². The summed E-state index contributed by atoms with van der Waals surface area (Å²) in [5, 5.41) is 3.04. The van der Waals surface area contributed by atoms with Crippen LogP contribution < -0.4 is 5.32 Å². The van der Waals surface area contributed by atoms with Gasteiger partial charge in [-0.25, -0.2) is 4.79 Å². The molecule has 138 valence electrons. The number of urea groups is 1. The number of nitrogens with one attached hydrogen (secondary N) is 1. The predicted octanol–water partition coefficient (Wildman–Crippen LogP) is 1.15. The Balaban J connectivity index is 1.34. The SMILES string of the molecule is Cc1cccc(CNC(=O)N2CCN(CCN3CCOCC3)CC2)c1. The van der Waals surface area contributed by atoms with Gasteiger partial charge < -0.3 is 15.0 Å². The van der Waals surface area contributed by atoms with Crippen molar-refractivity contribution in [1.29, 1.82) is 0 Å². The fourth-order valence-corrected chi connectivity index (χ4v) is 3.39. The Morgan fingerprint density at radius 2 is 1.72 bits per heavy atom. The van der Waals surface area contributed by atoms with Crippen LogP contribution in [0.3, 0.4) is 0 Å². The van der Waals surface area contributed by atoms with Gasteiger partial charge in [-0.3, -0.25) is 9.80 Å². The highest BCUT2D eigenvalue weighted by molar-refractivity contribution is 5.74. The van der Waals surface area contributed by atoms with Gasteiger partial charge in [-0.1, -0.05) is 29.8 Å². The number of amides is 2. The topological polar surface area (TPSA) is 48.1 Å². The lowest BCUT2D eigenvalue weighted by Crippen LogP contribution is -2.53. The Bertz CT molecular complexity index is 552. The standard InChI is InChI=1S/C19H30N4O2/c1-17-3-2-4-18(15-17)16-20-19(24)23-9-7-21(8-10-23)5-6-22-11-13-25-14-12-22/h2-4,15H,5-14,16H2,1H3,(H,20,24). The van der Waals surface area contributed by atoms with Crippen LogP contribution in [0.1, 0.15) is 11.1 Å². The van der Waals surface area contributed by atoms with Crippen molar-refractivity contribution in [2.24, 2.45) is 0 Å². The average molecular weight is 346 g/mol. The van der Waals surface area contributed by atoms with Crippen molar-refractivity contribution in [1.82, 2.24) is 20.0 Å². The Hall–Kier alpha value is -1.63. The van der Waals surface area contributed by atoms with Crippen LogP contribution in [0.2, 0.25) is 0 Å². The van der Waals surface area contributed by atoms with Crippen LogP contribution >= 0.6 is 0 Å². The molecule has 0 atom stereocenters.